The third-order valence-corrected chi connectivity index (χ3v) is 3.51. The van der Waals surface area contributed by atoms with Gasteiger partial charge in [-0.25, -0.2) is 0 Å². The zero-order valence-electron chi connectivity index (χ0n) is 10.8. The van der Waals surface area contributed by atoms with Crippen LogP contribution in [0.4, 0.5) is 0 Å². The number of aliphatic hydroxyl groups excluding tert-OH is 1. The van der Waals surface area contributed by atoms with Crippen molar-refractivity contribution in [3.8, 4) is 0 Å². The zero-order valence-corrected chi connectivity index (χ0v) is 10.8. The number of nitrogens with zero attached hydrogens (tertiary/aromatic N) is 1. The van der Waals surface area contributed by atoms with Crippen LogP contribution in [0.25, 0.3) is 0 Å². The molecule has 1 saturated heterocycles. The Hall–Kier alpha value is -1.60. The van der Waals surface area contributed by atoms with Gasteiger partial charge in [-0.05, 0) is 13.3 Å². The highest BCUT2D eigenvalue weighted by atomic mass is 16.5. The Labute approximate surface area is 109 Å². The number of piperidine rings is 1. The van der Waals surface area contributed by atoms with Gasteiger partial charge in [0.05, 0.1) is 11.7 Å². The monoisotopic (exact) mass is 270 g/mol. The number of β-amino-alcohol motifs (C(OH)–C–C–N with tert-alkyl or cyclic N) is 1. The maximum Gasteiger partial charge on any atom is 0.280 e. The highest BCUT2D eigenvalue weighted by Crippen LogP contribution is 2.22. The van der Waals surface area contributed by atoms with E-state index in [9.17, 15) is 19.8 Å². The van der Waals surface area contributed by atoms with Gasteiger partial charge in [0.1, 0.15) is 5.76 Å². The minimum Gasteiger partial charge on any atom is -0.388 e. The van der Waals surface area contributed by atoms with E-state index in [0.717, 1.165) is 0 Å². The number of H-pyrrole nitrogens is 1. The molecule has 0 radical (unpaired) electrons. The molecule has 1 amide bonds. The van der Waals surface area contributed by atoms with Crippen molar-refractivity contribution in [2.45, 2.75) is 37.9 Å². The van der Waals surface area contributed by atoms with E-state index in [1.54, 1.807) is 6.92 Å². The predicted octanol–water partition coefficient (Wildman–Crippen LogP) is -0.755. The molecule has 0 aromatic carbocycles. The van der Waals surface area contributed by atoms with E-state index in [2.05, 4.69) is 5.16 Å². The van der Waals surface area contributed by atoms with E-state index in [1.807, 2.05) is 0 Å². The molecule has 0 aliphatic carbocycles. The van der Waals surface area contributed by atoms with Gasteiger partial charge in [0.2, 0.25) is 5.91 Å². The molecule has 1 fully saturated rings. The van der Waals surface area contributed by atoms with Crippen molar-refractivity contribution in [2.24, 2.45) is 0 Å². The van der Waals surface area contributed by atoms with E-state index < -0.39 is 11.7 Å². The van der Waals surface area contributed by atoms with Crippen LogP contribution in [0.2, 0.25) is 0 Å². The van der Waals surface area contributed by atoms with E-state index in [0.29, 0.717) is 25.1 Å². The van der Waals surface area contributed by atoms with Gasteiger partial charge in [0.15, 0.2) is 0 Å². The van der Waals surface area contributed by atoms with Crippen molar-refractivity contribution < 1.29 is 19.5 Å². The Bertz CT molecular complexity index is 504. The number of hydrogen-bond donors (Lipinski definition) is 3. The molecule has 1 aliphatic heterocycles. The number of aliphatic hydroxyl groups is 2. The number of amides is 1. The Morgan fingerprint density at radius 2 is 2.42 bits per heavy atom. The molecule has 2 rings (SSSR count). The fourth-order valence-electron chi connectivity index (χ4n) is 2.08. The van der Waals surface area contributed by atoms with Gasteiger partial charge in [0.25, 0.3) is 5.56 Å². The Morgan fingerprint density at radius 1 is 1.68 bits per heavy atom. The van der Waals surface area contributed by atoms with E-state index >= 15 is 0 Å². The first kappa shape index (κ1) is 13.8. The van der Waals surface area contributed by atoms with Crippen molar-refractivity contribution in [3.63, 3.8) is 0 Å². The van der Waals surface area contributed by atoms with Crippen LogP contribution in [0.5, 0.6) is 0 Å². The lowest BCUT2D eigenvalue weighted by Gasteiger charge is -2.39. The summed E-state index contributed by atoms with van der Waals surface area (Å²) in [5.74, 6) is 0.307. The molecule has 2 heterocycles. The van der Waals surface area contributed by atoms with Gasteiger partial charge in [-0.1, -0.05) is 0 Å². The van der Waals surface area contributed by atoms with Gasteiger partial charge in [-0.15, -0.1) is 0 Å². The average molecular weight is 270 g/mol. The van der Waals surface area contributed by atoms with Gasteiger partial charge in [-0.3, -0.25) is 9.59 Å². The summed E-state index contributed by atoms with van der Waals surface area (Å²) in [5.41, 5.74) is -1.46. The van der Waals surface area contributed by atoms with Crippen molar-refractivity contribution in [3.05, 3.63) is 22.2 Å². The number of rotatable bonds is 3. The SMILES string of the molecule is C[C@@]1(O)CCN(C(=O)CCc2cc(=O)[nH]o2)C[C@@H]1O. The summed E-state index contributed by atoms with van der Waals surface area (Å²) in [4.78, 5) is 24.3. The fourth-order valence-corrected chi connectivity index (χ4v) is 2.08. The van der Waals surface area contributed by atoms with Crippen LogP contribution in [-0.2, 0) is 11.2 Å². The molecule has 3 N–H and O–H groups in total. The smallest absolute Gasteiger partial charge is 0.280 e. The molecule has 0 saturated carbocycles. The number of hydrogen-bond acceptors (Lipinski definition) is 5. The second-order valence-corrected chi connectivity index (χ2v) is 5.14. The van der Waals surface area contributed by atoms with Crippen LogP contribution >= 0.6 is 0 Å². The summed E-state index contributed by atoms with van der Waals surface area (Å²) in [5, 5.41) is 21.7. The Balaban J connectivity index is 1.86. The molecule has 7 heteroatoms. The van der Waals surface area contributed by atoms with E-state index in [1.165, 1.54) is 11.0 Å². The molecule has 1 aliphatic rings. The molecule has 7 nitrogen and oxygen atoms in total. The molecule has 0 spiro atoms. The lowest BCUT2D eigenvalue weighted by atomic mass is 9.90. The summed E-state index contributed by atoms with van der Waals surface area (Å²) in [6.45, 7) is 2.11. The average Bonchev–Trinajstić information content (AvgIpc) is 2.76. The second-order valence-electron chi connectivity index (χ2n) is 5.14. The number of aromatic amines is 1. The molecular formula is C12H18N2O5. The topological polar surface area (TPSA) is 107 Å². The molecule has 2 atom stereocenters. The number of nitrogens with one attached hydrogen (secondary N) is 1. The van der Waals surface area contributed by atoms with Gasteiger partial charge >= 0.3 is 0 Å². The highest BCUT2D eigenvalue weighted by molar-refractivity contribution is 5.76. The summed E-state index contributed by atoms with van der Waals surface area (Å²) in [6.07, 6.45) is -0.0505. The first-order chi connectivity index (χ1) is 8.88. The molecule has 19 heavy (non-hydrogen) atoms. The molecular weight excluding hydrogens is 252 g/mol. The number of likely N-dealkylation sites (tertiary alicyclic amines) is 1. The summed E-state index contributed by atoms with van der Waals surface area (Å²) >= 11 is 0. The standard InChI is InChI=1S/C12H18N2O5/c1-12(18)4-5-14(7-9(12)15)11(17)3-2-8-6-10(16)13-19-8/h6,9,15,18H,2-5,7H2,1H3,(H,13,16)/t9-,12+/m0/s1. The third-order valence-electron chi connectivity index (χ3n) is 3.51. The largest absolute Gasteiger partial charge is 0.388 e. The number of carbonyl (C=O) groups excluding carboxylic acids is 1. The number of carbonyl (C=O) groups is 1. The molecule has 0 unspecified atom stereocenters. The minimum atomic E-state index is -1.13. The summed E-state index contributed by atoms with van der Waals surface area (Å²) < 4.78 is 4.86. The highest BCUT2D eigenvalue weighted by Gasteiger charge is 2.37. The molecule has 1 aromatic heterocycles. The third kappa shape index (κ3) is 3.24. The van der Waals surface area contributed by atoms with Crippen LogP contribution < -0.4 is 5.56 Å². The second kappa shape index (κ2) is 5.18. The Kier molecular flexibility index (Phi) is 3.77. The summed E-state index contributed by atoms with van der Waals surface area (Å²) in [6, 6.07) is 1.31. The fraction of sp³-hybridized carbons (Fsp3) is 0.667. The van der Waals surface area contributed by atoms with E-state index in [4.69, 9.17) is 4.52 Å². The van der Waals surface area contributed by atoms with Crippen LogP contribution in [0.3, 0.4) is 0 Å². The maximum absolute atomic E-state index is 11.9. The van der Waals surface area contributed by atoms with Crippen molar-refractivity contribution in [1.29, 1.82) is 0 Å². The minimum absolute atomic E-state index is 0.126. The zero-order chi connectivity index (χ0) is 14.0. The summed E-state index contributed by atoms with van der Waals surface area (Å²) in [7, 11) is 0. The lowest BCUT2D eigenvalue weighted by molar-refractivity contribution is -0.146. The van der Waals surface area contributed by atoms with Gasteiger partial charge in [0, 0.05) is 32.0 Å². The molecule has 106 valence electrons. The normalized spacial score (nSPS) is 27.5. The molecule has 1 aromatic rings. The quantitative estimate of drug-likeness (QED) is 0.669. The van der Waals surface area contributed by atoms with Gasteiger partial charge < -0.3 is 19.6 Å². The molecule has 0 bridgehead atoms. The van der Waals surface area contributed by atoms with Crippen molar-refractivity contribution in [2.75, 3.05) is 13.1 Å². The first-order valence-corrected chi connectivity index (χ1v) is 6.24. The van der Waals surface area contributed by atoms with Crippen LogP contribution in [0.1, 0.15) is 25.5 Å². The van der Waals surface area contributed by atoms with Crippen LogP contribution in [-0.4, -0.2) is 51.0 Å². The lowest BCUT2D eigenvalue weighted by Crippen LogP contribution is -2.55. The van der Waals surface area contributed by atoms with Crippen molar-refractivity contribution >= 4 is 5.91 Å². The van der Waals surface area contributed by atoms with Crippen LogP contribution in [0.15, 0.2) is 15.4 Å². The first-order valence-electron chi connectivity index (χ1n) is 6.24. The Morgan fingerprint density at radius 3 is 3.00 bits per heavy atom. The maximum atomic E-state index is 11.9. The van der Waals surface area contributed by atoms with Crippen LogP contribution in [0, 0.1) is 0 Å². The predicted molar refractivity (Wildman–Crippen MR) is 65.5 cm³/mol. The van der Waals surface area contributed by atoms with E-state index in [-0.39, 0.29) is 24.4 Å². The number of aryl methyl sites for hydroxylation is 1. The van der Waals surface area contributed by atoms with Gasteiger partial charge in [-0.2, -0.15) is 5.16 Å². The number of aromatic nitrogens is 1. The van der Waals surface area contributed by atoms with Crippen molar-refractivity contribution in [1.82, 2.24) is 10.1 Å².